The number of carbonyl (C=O) groups is 2. The molecular weight excluding hydrogens is 375 g/mol. The van der Waals surface area contributed by atoms with Crippen LogP contribution in [0.15, 0.2) is 53.3 Å². The summed E-state index contributed by atoms with van der Waals surface area (Å²) in [6.45, 7) is 2.95. The molecule has 1 N–H and O–H groups in total. The number of likely N-dealkylation sites (tertiary alicyclic amines) is 1. The van der Waals surface area contributed by atoms with Crippen LogP contribution in [0.4, 0.5) is 10.2 Å². The number of aryl methyl sites for hydroxylation is 1. The van der Waals surface area contributed by atoms with Crippen LogP contribution in [0, 0.1) is 12.7 Å². The molecule has 4 rings (SSSR count). The number of rotatable bonds is 4. The number of amides is 2. The maximum Gasteiger partial charge on any atom is 0.257 e. The summed E-state index contributed by atoms with van der Waals surface area (Å²) < 4.78 is 20.4. The van der Waals surface area contributed by atoms with Gasteiger partial charge in [-0.05, 0) is 44.0 Å². The van der Waals surface area contributed by atoms with Gasteiger partial charge in [-0.15, -0.1) is 0 Å². The third-order valence-corrected chi connectivity index (χ3v) is 5.19. The summed E-state index contributed by atoms with van der Waals surface area (Å²) in [5.41, 5.74) is 0.833. The molecule has 0 unspecified atom stereocenters. The molecule has 2 aromatic heterocycles. The fraction of sp³-hybridized carbons (Fsp3) is 0.286. The lowest BCUT2D eigenvalue weighted by atomic mass is 10.0. The van der Waals surface area contributed by atoms with Gasteiger partial charge >= 0.3 is 0 Å². The molecule has 7 nitrogen and oxygen atoms in total. The van der Waals surface area contributed by atoms with Crippen molar-refractivity contribution in [3.63, 3.8) is 0 Å². The summed E-state index contributed by atoms with van der Waals surface area (Å²) in [5, 5.41) is 7.14. The molecule has 8 heteroatoms. The van der Waals surface area contributed by atoms with Gasteiger partial charge in [-0.2, -0.15) is 5.10 Å². The first-order valence-electron chi connectivity index (χ1n) is 9.47. The van der Waals surface area contributed by atoms with Gasteiger partial charge in [0, 0.05) is 24.7 Å². The summed E-state index contributed by atoms with van der Waals surface area (Å²) >= 11 is 0. The number of nitrogens with zero attached hydrogens (tertiary/aromatic N) is 3. The number of anilines is 1. The van der Waals surface area contributed by atoms with Gasteiger partial charge in [0.1, 0.15) is 17.4 Å². The van der Waals surface area contributed by atoms with Crippen LogP contribution >= 0.6 is 0 Å². The highest BCUT2D eigenvalue weighted by atomic mass is 19.1. The second kappa shape index (κ2) is 7.90. The minimum absolute atomic E-state index is 0.0326. The Morgan fingerprint density at radius 3 is 2.69 bits per heavy atom. The number of furan rings is 1. The second-order valence-electron chi connectivity index (χ2n) is 7.04. The van der Waals surface area contributed by atoms with Crippen molar-refractivity contribution in [3.8, 4) is 0 Å². The molecule has 3 heterocycles. The number of hydrogen-bond donors (Lipinski definition) is 1. The van der Waals surface area contributed by atoms with Crippen molar-refractivity contribution >= 4 is 17.6 Å². The molecule has 1 aliphatic rings. The summed E-state index contributed by atoms with van der Waals surface area (Å²) in [6.07, 6.45) is 4.57. The zero-order valence-electron chi connectivity index (χ0n) is 16.0. The molecule has 0 radical (unpaired) electrons. The lowest BCUT2D eigenvalue weighted by Gasteiger charge is -2.32. The molecule has 0 spiro atoms. The first-order valence-corrected chi connectivity index (χ1v) is 9.47. The maximum absolute atomic E-state index is 13.4. The highest BCUT2D eigenvalue weighted by molar-refractivity contribution is 6.03. The predicted octanol–water partition coefficient (Wildman–Crippen LogP) is 3.65. The molecule has 29 heavy (non-hydrogen) atoms. The zero-order valence-corrected chi connectivity index (χ0v) is 16.0. The lowest BCUT2D eigenvalue weighted by molar-refractivity contribution is 0.0689. The summed E-state index contributed by atoms with van der Waals surface area (Å²) in [7, 11) is 0. The van der Waals surface area contributed by atoms with Gasteiger partial charge in [-0.25, -0.2) is 9.07 Å². The Morgan fingerprint density at radius 2 is 2.00 bits per heavy atom. The lowest BCUT2D eigenvalue weighted by Crippen LogP contribution is -2.39. The standard InChI is InChI=1S/C21H21FN4O3/c1-14-18(8-12-29-14)21(28)25-10-6-17(7-11-25)26-19(5-9-23-26)24-20(27)15-3-2-4-16(22)13-15/h2-5,8-9,12-13,17H,6-7,10-11H2,1H3,(H,24,27). The Labute approximate surface area is 167 Å². The Bertz CT molecular complexity index is 1030. The molecule has 1 aliphatic heterocycles. The summed E-state index contributed by atoms with van der Waals surface area (Å²) in [4.78, 5) is 26.9. The van der Waals surface area contributed by atoms with Crippen LogP contribution in [-0.4, -0.2) is 39.6 Å². The Kier molecular flexibility index (Phi) is 5.16. The van der Waals surface area contributed by atoms with Crippen LogP contribution in [-0.2, 0) is 0 Å². The topological polar surface area (TPSA) is 80.4 Å². The number of piperidine rings is 1. The van der Waals surface area contributed by atoms with E-state index >= 15 is 0 Å². The van der Waals surface area contributed by atoms with Gasteiger partial charge in [-0.1, -0.05) is 6.07 Å². The first-order chi connectivity index (χ1) is 14.0. The Balaban J connectivity index is 1.41. The van der Waals surface area contributed by atoms with Crippen LogP contribution in [0.5, 0.6) is 0 Å². The van der Waals surface area contributed by atoms with Crippen LogP contribution in [0.2, 0.25) is 0 Å². The van der Waals surface area contributed by atoms with E-state index in [4.69, 9.17) is 4.42 Å². The van der Waals surface area contributed by atoms with E-state index < -0.39 is 11.7 Å². The SMILES string of the molecule is Cc1occc1C(=O)N1CCC(n2nccc2NC(=O)c2cccc(F)c2)CC1. The van der Waals surface area contributed by atoms with Crippen molar-refractivity contribution in [3.05, 3.63) is 71.6 Å². The predicted molar refractivity (Wildman–Crippen MR) is 104 cm³/mol. The van der Waals surface area contributed by atoms with Gasteiger partial charge in [-0.3, -0.25) is 9.59 Å². The number of benzene rings is 1. The van der Waals surface area contributed by atoms with E-state index in [1.54, 1.807) is 36.0 Å². The number of hydrogen-bond acceptors (Lipinski definition) is 4. The Morgan fingerprint density at radius 1 is 1.21 bits per heavy atom. The quantitative estimate of drug-likeness (QED) is 0.730. The average Bonchev–Trinajstić information content (AvgIpc) is 3.36. The summed E-state index contributed by atoms with van der Waals surface area (Å²) in [5.74, 6) is 0.279. The van der Waals surface area contributed by atoms with E-state index in [2.05, 4.69) is 10.4 Å². The molecule has 0 aliphatic carbocycles. The molecule has 1 aromatic carbocycles. The maximum atomic E-state index is 13.4. The van der Waals surface area contributed by atoms with Crippen LogP contribution in [0.25, 0.3) is 0 Å². The van der Waals surface area contributed by atoms with Gasteiger partial charge < -0.3 is 14.6 Å². The number of carbonyl (C=O) groups excluding carboxylic acids is 2. The average molecular weight is 396 g/mol. The van der Waals surface area contributed by atoms with Crippen molar-refractivity contribution in [1.82, 2.24) is 14.7 Å². The molecule has 0 saturated carbocycles. The fourth-order valence-corrected chi connectivity index (χ4v) is 3.61. The molecule has 150 valence electrons. The third kappa shape index (κ3) is 3.91. The molecule has 0 bridgehead atoms. The van der Waals surface area contributed by atoms with E-state index in [9.17, 15) is 14.0 Å². The second-order valence-corrected chi connectivity index (χ2v) is 7.04. The van der Waals surface area contributed by atoms with E-state index in [0.29, 0.717) is 43.1 Å². The summed E-state index contributed by atoms with van der Waals surface area (Å²) in [6, 6.07) is 9.00. The molecule has 1 saturated heterocycles. The van der Waals surface area contributed by atoms with E-state index in [-0.39, 0.29) is 17.5 Å². The van der Waals surface area contributed by atoms with E-state index in [1.807, 2.05) is 4.90 Å². The molecular formula is C21H21FN4O3. The van der Waals surface area contributed by atoms with Crippen LogP contribution in [0.3, 0.4) is 0 Å². The normalized spacial score (nSPS) is 14.8. The fourth-order valence-electron chi connectivity index (χ4n) is 3.61. The van der Waals surface area contributed by atoms with Crippen LogP contribution < -0.4 is 5.32 Å². The van der Waals surface area contributed by atoms with Crippen molar-refractivity contribution in [1.29, 1.82) is 0 Å². The van der Waals surface area contributed by atoms with Gasteiger partial charge in [0.05, 0.1) is 24.1 Å². The molecule has 0 atom stereocenters. The van der Waals surface area contributed by atoms with Crippen molar-refractivity contribution in [2.24, 2.45) is 0 Å². The van der Waals surface area contributed by atoms with Crippen molar-refractivity contribution in [2.45, 2.75) is 25.8 Å². The molecule has 2 amide bonds. The molecule has 1 fully saturated rings. The molecule has 3 aromatic rings. The number of nitrogens with one attached hydrogen (secondary N) is 1. The highest BCUT2D eigenvalue weighted by Crippen LogP contribution is 2.27. The van der Waals surface area contributed by atoms with E-state index in [0.717, 1.165) is 0 Å². The van der Waals surface area contributed by atoms with Crippen molar-refractivity contribution < 1.29 is 18.4 Å². The first kappa shape index (κ1) is 18.9. The zero-order chi connectivity index (χ0) is 20.4. The highest BCUT2D eigenvalue weighted by Gasteiger charge is 2.27. The van der Waals surface area contributed by atoms with Gasteiger partial charge in [0.2, 0.25) is 0 Å². The number of halogens is 1. The van der Waals surface area contributed by atoms with Gasteiger partial charge in [0.25, 0.3) is 11.8 Å². The van der Waals surface area contributed by atoms with Gasteiger partial charge in [0.15, 0.2) is 0 Å². The minimum Gasteiger partial charge on any atom is -0.469 e. The van der Waals surface area contributed by atoms with Crippen molar-refractivity contribution in [2.75, 3.05) is 18.4 Å². The largest absolute Gasteiger partial charge is 0.469 e. The monoisotopic (exact) mass is 396 g/mol. The number of aromatic nitrogens is 2. The minimum atomic E-state index is -0.462. The Hall–Kier alpha value is -3.42. The third-order valence-electron chi connectivity index (χ3n) is 5.19. The van der Waals surface area contributed by atoms with E-state index in [1.165, 1.54) is 24.5 Å². The smallest absolute Gasteiger partial charge is 0.257 e. The van der Waals surface area contributed by atoms with Crippen LogP contribution in [0.1, 0.15) is 45.4 Å².